The molecule has 0 saturated carbocycles. The minimum Gasteiger partial charge on any atom is -0.494 e. The lowest BCUT2D eigenvalue weighted by Gasteiger charge is -2.20. The topological polar surface area (TPSA) is 41.6 Å². The fourth-order valence-corrected chi connectivity index (χ4v) is 2.46. The molecule has 0 unspecified atom stereocenters. The average Bonchev–Trinajstić information content (AvgIpc) is 2.65. The van der Waals surface area contributed by atoms with E-state index in [2.05, 4.69) is 12.2 Å². The Labute approximate surface area is 154 Å². The minimum atomic E-state index is -0.231. The normalized spacial score (nSPS) is 10.2. The number of hydrogen-bond acceptors (Lipinski definition) is 3. The Bertz CT molecular complexity index is 687. The number of nitrogens with one attached hydrogen (secondary N) is 1. The summed E-state index contributed by atoms with van der Waals surface area (Å²) in [6.45, 7) is 2.86. The van der Waals surface area contributed by atoms with Crippen molar-refractivity contribution in [1.29, 1.82) is 0 Å². The molecule has 2 rings (SSSR count). The van der Waals surface area contributed by atoms with E-state index in [1.165, 1.54) is 6.42 Å². The molecule has 5 heteroatoms. The monoisotopic (exact) mass is 356 g/mol. The number of para-hydroxylation sites is 1. The number of nitrogens with zero attached hydrogens (tertiary/aromatic N) is 1. The SMILES string of the molecule is CCCCCOc1ccc(C(=O)NC(=S)N(C)c2ccccc2)cc1. The van der Waals surface area contributed by atoms with E-state index in [1.807, 2.05) is 49.5 Å². The summed E-state index contributed by atoms with van der Waals surface area (Å²) >= 11 is 5.31. The van der Waals surface area contributed by atoms with Crippen molar-refractivity contribution in [3.05, 3.63) is 60.2 Å². The molecule has 0 aromatic heterocycles. The largest absolute Gasteiger partial charge is 0.494 e. The Morgan fingerprint density at radius 2 is 1.76 bits per heavy atom. The van der Waals surface area contributed by atoms with E-state index in [9.17, 15) is 4.79 Å². The fraction of sp³-hybridized carbons (Fsp3) is 0.300. The zero-order chi connectivity index (χ0) is 18.1. The van der Waals surface area contributed by atoms with Crippen molar-refractivity contribution in [1.82, 2.24) is 5.32 Å². The maximum Gasteiger partial charge on any atom is 0.257 e. The van der Waals surface area contributed by atoms with Gasteiger partial charge in [0, 0.05) is 18.3 Å². The van der Waals surface area contributed by atoms with Gasteiger partial charge in [-0.25, -0.2) is 0 Å². The Hall–Kier alpha value is -2.40. The highest BCUT2D eigenvalue weighted by atomic mass is 32.1. The maximum absolute atomic E-state index is 12.3. The van der Waals surface area contributed by atoms with E-state index >= 15 is 0 Å². The van der Waals surface area contributed by atoms with E-state index < -0.39 is 0 Å². The highest BCUT2D eigenvalue weighted by molar-refractivity contribution is 7.80. The van der Waals surface area contributed by atoms with Gasteiger partial charge in [0.05, 0.1) is 6.61 Å². The van der Waals surface area contributed by atoms with Crippen molar-refractivity contribution >= 4 is 28.9 Å². The first-order valence-corrected chi connectivity index (χ1v) is 8.89. The summed E-state index contributed by atoms with van der Waals surface area (Å²) in [4.78, 5) is 14.1. The van der Waals surface area contributed by atoms with Gasteiger partial charge in [0.2, 0.25) is 0 Å². The van der Waals surface area contributed by atoms with Gasteiger partial charge in [-0.15, -0.1) is 0 Å². The van der Waals surface area contributed by atoms with Gasteiger partial charge >= 0.3 is 0 Å². The number of amides is 1. The maximum atomic E-state index is 12.3. The summed E-state index contributed by atoms with van der Waals surface area (Å²) in [7, 11) is 1.82. The van der Waals surface area contributed by atoms with Gasteiger partial charge in [-0.2, -0.15) is 0 Å². The first-order chi connectivity index (χ1) is 12.1. The van der Waals surface area contributed by atoms with Crippen molar-refractivity contribution in [2.45, 2.75) is 26.2 Å². The van der Waals surface area contributed by atoms with E-state index in [1.54, 1.807) is 17.0 Å². The van der Waals surface area contributed by atoms with Gasteiger partial charge in [0.25, 0.3) is 5.91 Å². The van der Waals surface area contributed by atoms with Crippen LogP contribution in [-0.2, 0) is 0 Å². The van der Waals surface area contributed by atoms with Crippen LogP contribution in [0.15, 0.2) is 54.6 Å². The lowest BCUT2D eigenvalue weighted by molar-refractivity contribution is 0.0977. The molecule has 4 nitrogen and oxygen atoms in total. The molecule has 0 heterocycles. The summed E-state index contributed by atoms with van der Waals surface area (Å²) in [5.41, 5.74) is 1.47. The number of carbonyl (C=O) groups is 1. The van der Waals surface area contributed by atoms with Crippen molar-refractivity contribution in [2.75, 3.05) is 18.6 Å². The number of unbranched alkanes of at least 4 members (excludes halogenated alkanes) is 2. The van der Waals surface area contributed by atoms with E-state index in [0.717, 1.165) is 24.3 Å². The molecule has 0 fully saturated rings. The van der Waals surface area contributed by atoms with E-state index in [4.69, 9.17) is 17.0 Å². The van der Waals surface area contributed by atoms with Crippen LogP contribution in [0.5, 0.6) is 5.75 Å². The quantitative estimate of drug-likeness (QED) is 0.589. The molecule has 0 aliphatic heterocycles. The molecule has 0 bridgehead atoms. The molecule has 0 spiro atoms. The zero-order valence-electron chi connectivity index (χ0n) is 14.7. The Kier molecular flexibility index (Phi) is 7.41. The second-order valence-corrected chi connectivity index (χ2v) is 6.12. The van der Waals surface area contributed by atoms with Crippen molar-refractivity contribution in [3.8, 4) is 5.75 Å². The second-order valence-electron chi connectivity index (χ2n) is 5.73. The van der Waals surface area contributed by atoms with Gasteiger partial charge < -0.3 is 9.64 Å². The predicted octanol–water partition coefficient (Wildman–Crippen LogP) is 4.41. The highest BCUT2D eigenvalue weighted by Crippen LogP contribution is 2.14. The minimum absolute atomic E-state index is 0.231. The summed E-state index contributed by atoms with van der Waals surface area (Å²) in [5, 5.41) is 3.11. The van der Waals surface area contributed by atoms with Crippen LogP contribution >= 0.6 is 12.2 Å². The smallest absolute Gasteiger partial charge is 0.257 e. The third-order valence-corrected chi connectivity index (χ3v) is 4.18. The molecule has 1 N–H and O–H groups in total. The Balaban J connectivity index is 1.88. The number of ether oxygens (including phenoxy) is 1. The molecule has 0 aliphatic carbocycles. The summed E-state index contributed by atoms with van der Waals surface area (Å²) < 4.78 is 5.65. The van der Waals surface area contributed by atoms with Gasteiger partial charge in [-0.1, -0.05) is 38.0 Å². The van der Waals surface area contributed by atoms with E-state index in [-0.39, 0.29) is 5.91 Å². The van der Waals surface area contributed by atoms with Crippen LogP contribution in [0.3, 0.4) is 0 Å². The zero-order valence-corrected chi connectivity index (χ0v) is 15.5. The molecule has 0 atom stereocenters. The van der Waals surface area contributed by atoms with Crippen molar-refractivity contribution < 1.29 is 9.53 Å². The molecule has 0 radical (unpaired) electrons. The van der Waals surface area contributed by atoms with Crippen LogP contribution in [0.25, 0.3) is 0 Å². The Morgan fingerprint density at radius 1 is 1.08 bits per heavy atom. The molecule has 132 valence electrons. The molecule has 0 aliphatic rings. The molecule has 1 amide bonds. The van der Waals surface area contributed by atoms with Gasteiger partial charge in [-0.3, -0.25) is 10.1 Å². The summed E-state index contributed by atoms with van der Waals surface area (Å²) in [6, 6.07) is 16.8. The molecule has 0 saturated heterocycles. The lowest BCUT2D eigenvalue weighted by Crippen LogP contribution is -2.40. The number of anilines is 1. The standard InChI is InChI=1S/C20H24N2O2S/c1-3-4-8-15-24-18-13-11-16(12-14-18)19(23)21-20(25)22(2)17-9-6-5-7-10-17/h5-7,9-14H,3-4,8,15H2,1-2H3,(H,21,23,25). The van der Waals surface area contributed by atoms with Crippen LogP contribution in [0.1, 0.15) is 36.5 Å². The van der Waals surface area contributed by atoms with E-state index in [0.29, 0.717) is 17.3 Å². The first kappa shape index (κ1) is 18.9. The molecular formula is C20H24N2O2S. The third kappa shape index (κ3) is 5.87. The van der Waals surface area contributed by atoms with Crippen LogP contribution in [0.4, 0.5) is 5.69 Å². The number of benzene rings is 2. The first-order valence-electron chi connectivity index (χ1n) is 8.48. The third-order valence-electron chi connectivity index (χ3n) is 3.80. The van der Waals surface area contributed by atoms with Crippen LogP contribution in [0, 0.1) is 0 Å². The summed E-state index contributed by atoms with van der Waals surface area (Å²) in [5.74, 6) is 0.543. The highest BCUT2D eigenvalue weighted by Gasteiger charge is 2.12. The number of rotatable bonds is 7. The lowest BCUT2D eigenvalue weighted by atomic mass is 10.2. The second kappa shape index (κ2) is 9.79. The number of thiocarbonyl (C=S) groups is 1. The van der Waals surface area contributed by atoms with Crippen LogP contribution < -0.4 is 15.0 Å². The van der Waals surface area contributed by atoms with Crippen LogP contribution in [-0.4, -0.2) is 24.7 Å². The van der Waals surface area contributed by atoms with Gasteiger partial charge in [0.15, 0.2) is 5.11 Å². The predicted molar refractivity (Wildman–Crippen MR) is 106 cm³/mol. The van der Waals surface area contributed by atoms with Crippen molar-refractivity contribution in [2.24, 2.45) is 0 Å². The fourth-order valence-electron chi connectivity index (χ4n) is 2.27. The Morgan fingerprint density at radius 3 is 2.40 bits per heavy atom. The van der Waals surface area contributed by atoms with Gasteiger partial charge in [0.1, 0.15) is 5.75 Å². The van der Waals surface area contributed by atoms with Crippen LogP contribution in [0.2, 0.25) is 0 Å². The summed E-state index contributed by atoms with van der Waals surface area (Å²) in [6.07, 6.45) is 3.37. The average molecular weight is 356 g/mol. The molecule has 2 aromatic carbocycles. The molecule has 2 aromatic rings. The molecule has 25 heavy (non-hydrogen) atoms. The molecular weight excluding hydrogens is 332 g/mol. The van der Waals surface area contributed by atoms with Gasteiger partial charge in [-0.05, 0) is 55.0 Å². The number of carbonyl (C=O) groups excluding carboxylic acids is 1. The van der Waals surface area contributed by atoms with Crippen molar-refractivity contribution in [3.63, 3.8) is 0 Å². The number of hydrogen-bond donors (Lipinski definition) is 1.